The van der Waals surface area contributed by atoms with Gasteiger partial charge in [-0.2, -0.15) is 0 Å². The summed E-state index contributed by atoms with van der Waals surface area (Å²) in [6.45, 7) is 0.668. The molecule has 1 aliphatic heterocycles. The van der Waals surface area contributed by atoms with Crippen LogP contribution in [0.1, 0.15) is 37.8 Å². The zero-order valence-electron chi connectivity index (χ0n) is 18.9. The predicted octanol–water partition coefficient (Wildman–Crippen LogP) is -3.62. The number of H-pyrrole nitrogens is 1. The van der Waals surface area contributed by atoms with Gasteiger partial charge in [-0.15, -0.1) is 0 Å². The minimum absolute atomic E-state index is 0.0217. The second-order valence-electron chi connectivity index (χ2n) is 8.13. The summed E-state index contributed by atoms with van der Waals surface area (Å²) in [5.41, 5.74) is 10.7. The van der Waals surface area contributed by atoms with E-state index in [1.165, 1.54) is 12.5 Å². The van der Waals surface area contributed by atoms with Crippen molar-refractivity contribution in [1.82, 2.24) is 31.2 Å². The summed E-state index contributed by atoms with van der Waals surface area (Å²) >= 11 is 0. The van der Waals surface area contributed by atoms with Crippen molar-refractivity contribution in [3.63, 3.8) is 0 Å². The molecule has 4 unspecified atom stereocenters. The zero-order valence-corrected chi connectivity index (χ0v) is 18.9. The minimum Gasteiger partial charge on any atom is -0.480 e. The van der Waals surface area contributed by atoms with Crippen molar-refractivity contribution in [3.8, 4) is 0 Å². The number of aromatic amines is 1. The topological polar surface area (TPSA) is 251 Å². The first kappa shape index (κ1) is 27.2. The van der Waals surface area contributed by atoms with Crippen LogP contribution in [0.2, 0.25) is 0 Å². The Balaban J connectivity index is 2.17. The molecule has 4 atom stereocenters. The average molecular weight is 495 g/mol. The summed E-state index contributed by atoms with van der Waals surface area (Å²) in [6.07, 6.45) is 3.08. The number of carboxylic acids is 1. The molecule has 192 valence electrons. The van der Waals surface area contributed by atoms with Gasteiger partial charge in [0.1, 0.15) is 18.1 Å². The van der Waals surface area contributed by atoms with E-state index in [4.69, 9.17) is 11.5 Å². The van der Waals surface area contributed by atoms with Crippen LogP contribution in [-0.4, -0.2) is 81.3 Å². The fraction of sp³-hybridized carbons (Fsp3) is 0.550. The Hall–Kier alpha value is -4.01. The van der Waals surface area contributed by atoms with E-state index in [0.29, 0.717) is 18.7 Å². The average Bonchev–Trinajstić information content (AvgIpc) is 3.49. The number of aliphatic carboxylic acids is 1. The quantitative estimate of drug-likeness (QED) is 0.127. The van der Waals surface area contributed by atoms with Crippen molar-refractivity contribution < 1.29 is 33.9 Å². The van der Waals surface area contributed by atoms with Crippen LogP contribution in [-0.2, 0) is 35.2 Å². The van der Waals surface area contributed by atoms with Crippen LogP contribution in [0.25, 0.3) is 0 Å². The number of aromatic nitrogens is 2. The summed E-state index contributed by atoms with van der Waals surface area (Å²) < 4.78 is 0. The van der Waals surface area contributed by atoms with Crippen molar-refractivity contribution >= 4 is 35.5 Å². The maximum atomic E-state index is 13.1. The van der Waals surface area contributed by atoms with E-state index < -0.39 is 66.1 Å². The molecule has 15 heteroatoms. The number of carbonyl (C=O) groups excluding carboxylic acids is 5. The van der Waals surface area contributed by atoms with Crippen molar-refractivity contribution in [3.05, 3.63) is 18.2 Å². The molecule has 35 heavy (non-hydrogen) atoms. The van der Waals surface area contributed by atoms with Gasteiger partial charge in [-0.05, 0) is 25.8 Å². The fourth-order valence-corrected chi connectivity index (χ4v) is 3.51. The number of primary amides is 2. The first-order valence-corrected chi connectivity index (χ1v) is 11.0. The van der Waals surface area contributed by atoms with Crippen LogP contribution in [0, 0.1) is 0 Å². The Bertz CT molecular complexity index is 930. The van der Waals surface area contributed by atoms with Gasteiger partial charge in [-0.3, -0.25) is 24.0 Å². The number of rotatable bonds is 14. The number of nitrogens with two attached hydrogens (primary N) is 2. The molecule has 2 heterocycles. The van der Waals surface area contributed by atoms with Gasteiger partial charge in [0, 0.05) is 24.7 Å². The first-order chi connectivity index (χ1) is 16.6. The van der Waals surface area contributed by atoms with Gasteiger partial charge in [0.15, 0.2) is 0 Å². The number of carbonyl (C=O) groups is 6. The summed E-state index contributed by atoms with van der Waals surface area (Å²) in [5, 5.41) is 19.5. The molecule has 1 saturated heterocycles. The van der Waals surface area contributed by atoms with E-state index >= 15 is 0 Å². The van der Waals surface area contributed by atoms with Gasteiger partial charge in [0.25, 0.3) is 0 Å². The van der Waals surface area contributed by atoms with Crippen LogP contribution in [0.3, 0.4) is 0 Å². The Labute approximate surface area is 200 Å². The molecule has 10 N–H and O–H groups in total. The lowest BCUT2D eigenvalue weighted by atomic mass is 10.1. The molecule has 0 saturated carbocycles. The Morgan fingerprint density at radius 2 is 1.71 bits per heavy atom. The first-order valence-electron chi connectivity index (χ1n) is 11.0. The minimum atomic E-state index is -1.64. The predicted molar refractivity (Wildman–Crippen MR) is 119 cm³/mol. The zero-order chi connectivity index (χ0) is 26.0. The van der Waals surface area contributed by atoms with Crippen molar-refractivity contribution in [1.29, 1.82) is 0 Å². The molecule has 0 aliphatic carbocycles. The molecule has 2 rings (SSSR count). The molecule has 1 aromatic heterocycles. The highest BCUT2D eigenvalue weighted by molar-refractivity contribution is 5.95. The molecule has 15 nitrogen and oxygen atoms in total. The Morgan fingerprint density at radius 3 is 2.26 bits per heavy atom. The maximum absolute atomic E-state index is 13.1. The highest BCUT2D eigenvalue weighted by Gasteiger charge is 2.32. The molecule has 1 aromatic rings. The number of imidazole rings is 1. The third-order valence-corrected chi connectivity index (χ3v) is 5.32. The number of nitrogens with zero attached hydrogens (tertiary/aromatic N) is 1. The van der Waals surface area contributed by atoms with Crippen molar-refractivity contribution in [2.75, 3.05) is 6.54 Å². The van der Waals surface area contributed by atoms with Crippen LogP contribution < -0.4 is 32.7 Å². The van der Waals surface area contributed by atoms with Crippen LogP contribution >= 0.6 is 0 Å². The molecule has 5 amide bonds. The molecular weight excluding hydrogens is 464 g/mol. The number of hydrogen-bond donors (Lipinski definition) is 8. The van der Waals surface area contributed by atoms with Gasteiger partial charge in [-0.25, -0.2) is 9.78 Å². The van der Waals surface area contributed by atoms with Crippen molar-refractivity contribution in [2.24, 2.45) is 11.5 Å². The number of hydrogen-bond acceptors (Lipinski definition) is 8. The number of nitrogens with one attached hydrogen (secondary N) is 5. The van der Waals surface area contributed by atoms with E-state index in [1.54, 1.807) is 0 Å². The third-order valence-electron chi connectivity index (χ3n) is 5.32. The SMILES string of the molecule is NC(=O)CCC(NC(=O)C(Cc1cnc[nH]1)NC(=O)C1CCCN1)C(=O)NC(CC(N)=O)C(=O)O. The van der Waals surface area contributed by atoms with Crippen LogP contribution in [0.5, 0.6) is 0 Å². The summed E-state index contributed by atoms with van der Waals surface area (Å²) in [4.78, 5) is 79.0. The number of amides is 5. The number of carboxylic acid groups (broad SMARTS) is 1. The summed E-state index contributed by atoms with van der Waals surface area (Å²) in [6, 6.07) is -4.60. The second kappa shape index (κ2) is 13.0. The molecule has 0 aromatic carbocycles. The highest BCUT2D eigenvalue weighted by Crippen LogP contribution is 2.08. The van der Waals surface area contributed by atoms with Gasteiger partial charge >= 0.3 is 5.97 Å². The lowest BCUT2D eigenvalue weighted by Crippen LogP contribution is -2.57. The van der Waals surface area contributed by atoms with E-state index in [9.17, 15) is 33.9 Å². The van der Waals surface area contributed by atoms with Gasteiger partial charge in [-0.1, -0.05) is 0 Å². The second-order valence-corrected chi connectivity index (χ2v) is 8.13. The summed E-state index contributed by atoms with van der Waals surface area (Å²) in [7, 11) is 0. The van der Waals surface area contributed by atoms with Crippen molar-refractivity contribution in [2.45, 2.75) is 62.7 Å². The van der Waals surface area contributed by atoms with Gasteiger partial charge < -0.3 is 42.8 Å². The smallest absolute Gasteiger partial charge is 0.326 e. The molecule has 1 aliphatic rings. The molecule has 0 bridgehead atoms. The normalized spacial score (nSPS) is 17.5. The molecular formula is C20H30N8O7. The van der Waals surface area contributed by atoms with Crippen LogP contribution in [0.4, 0.5) is 0 Å². The lowest BCUT2D eigenvalue weighted by Gasteiger charge is -2.24. The van der Waals surface area contributed by atoms with E-state index in [0.717, 1.165) is 6.42 Å². The molecule has 0 radical (unpaired) electrons. The van der Waals surface area contributed by atoms with Crippen LogP contribution in [0.15, 0.2) is 12.5 Å². The molecule has 1 fully saturated rings. The van der Waals surface area contributed by atoms with E-state index in [1.807, 2.05) is 0 Å². The molecule has 0 spiro atoms. The Morgan fingerprint density at radius 1 is 1.03 bits per heavy atom. The third kappa shape index (κ3) is 9.04. The monoisotopic (exact) mass is 494 g/mol. The highest BCUT2D eigenvalue weighted by atomic mass is 16.4. The standard InChI is InChI=1S/C20H30N8O7/c21-15(29)4-3-12(18(32)28-14(20(34)35)7-16(22)30)26-19(33)13(6-10-8-23-9-25-10)27-17(31)11-2-1-5-24-11/h8-9,11-14,24H,1-7H2,(H2,21,29)(H2,22,30)(H,23,25)(H,26,33)(H,27,31)(H,28,32)(H,34,35). The largest absolute Gasteiger partial charge is 0.480 e. The van der Waals surface area contributed by atoms with E-state index in [-0.39, 0.29) is 19.3 Å². The Kier molecular flexibility index (Phi) is 10.1. The van der Waals surface area contributed by atoms with Gasteiger partial charge in [0.05, 0.1) is 18.8 Å². The van der Waals surface area contributed by atoms with E-state index in [2.05, 4.69) is 31.2 Å². The summed E-state index contributed by atoms with van der Waals surface area (Å²) in [5.74, 6) is -5.33. The van der Waals surface area contributed by atoms with Gasteiger partial charge in [0.2, 0.25) is 29.5 Å². The maximum Gasteiger partial charge on any atom is 0.326 e. The lowest BCUT2D eigenvalue weighted by molar-refractivity contribution is -0.144. The fourth-order valence-electron chi connectivity index (χ4n) is 3.51.